The summed E-state index contributed by atoms with van der Waals surface area (Å²) in [5, 5.41) is -0.497. The SMILES string of the molecule is CC(C)S(=O)(=O)c1ccc(-c2cnc3[nH]cc(N4Cc5cc(N6CC[C@H](CN)C6)ccc5C4=O)c3n2)cc1.[HH].[HH].[HH]. The van der Waals surface area contributed by atoms with Crippen molar-refractivity contribution < 1.29 is 17.5 Å². The first-order valence-electron chi connectivity index (χ1n) is 12.8. The van der Waals surface area contributed by atoms with Gasteiger partial charge in [-0.2, -0.15) is 0 Å². The molecule has 0 saturated carbocycles. The Morgan fingerprint density at radius 2 is 1.97 bits per heavy atom. The molecule has 6 rings (SSSR count). The molecule has 202 valence electrons. The van der Waals surface area contributed by atoms with Gasteiger partial charge in [0.1, 0.15) is 5.52 Å². The van der Waals surface area contributed by atoms with Gasteiger partial charge in [-0.15, -0.1) is 0 Å². The quantitative estimate of drug-likeness (QED) is 0.372. The highest BCUT2D eigenvalue weighted by atomic mass is 32.2. The fourth-order valence-electron chi connectivity index (χ4n) is 5.27. The van der Waals surface area contributed by atoms with Gasteiger partial charge in [-0.3, -0.25) is 4.79 Å². The molecular formula is C28H36N6O3S. The van der Waals surface area contributed by atoms with Crippen molar-refractivity contribution in [1.82, 2.24) is 15.0 Å². The largest absolute Gasteiger partial charge is 0.371 e. The molecule has 4 heterocycles. The summed E-state index contributed by atoms with van der Waals surface area (Å²) in [4.78, 5) is 30.2. The minimum atomic E-state index is -3.36. The van der Waals surface area contributed by atoms with E-state index in [2.05, 4.69) is 20.9 Å². The zero-order valence-corrected chi connectivity index (χ0v) is 22.2. The maximum atomic E-state index is 13.4. The molecule has 2 aromatic carbocycles. The fraction of sp³-hybridized carbons (Fsp3) is 0.321. The van der Waals surface area contributed by atoms with E-state index in [1.807, 2.05) is 12.1 Å². The van der Waals surface area contributed by atoms with Gasteiger partial charge >= 0.3 is 0 Å². The second kappa shape index (κ2) is 9.21. The zero-order valence-electron chi connectivity index (χ0n) is 21.4. The third-order valence-electron chi connectivity index (χ3n) is 7.63. The van der Waals surface area contributed by atoms with Crippen LogP contribution in [0.4, 0.5) is 11.4 Å². The fourth-order valence-corrected chi connectivity index (χ4v) is 6.33. The van der Waals surface area contributed by atoms with Gasteiger partial charge in [0.2, 0.25) is 0 Å². The third kappa shape index (κ3) is 4.04. The standard InChI is InChI=1S/C28H30N6O3S.3H2/c1-17(2)38(36,37)22-6-3-19(4-7-22)24-13-30-27-26(32-24)25(14-31-27)34-16-20-11-21(5-8-23(20)28(34)35)33-10-9-18(12-29)15-33;;;/h3-8,11,13-14,17-18H,9-10,12,15-16,29H2,1-2H3,(H,30,31);3*1H/t18-;;;/m1.../s1. The van der Waals surface area contributed by atoms with E-state index in [1.165, 1.54) is 0 Å². The molecule has 2 aliphatic heterocycles. The number of H-pyrrole nitrogens is 1. The lowest BCUT2D eigenvalue weighted by Gasteiger charge is -2.19. The van der Waals surface area contributed by atoms with E-state index in [0.29, 0.717) is 47.1 Å². The Labute approximate surface area is 226 Å². The molecule has 0 bridgehead atoms. The molecular weight excluding hydrogens is 500 g/mol. The van der Waals surface area contributed by atoms with Crippen molar-refractivity contribution in [2.75, 3.05) is 29.4 Å². The van der Waals surface area contributed by atoms with Crippen LogP contribution in [-0.4, -0.2) is 54.2 Å². The number of hydrogen-bond donors (Lipinski definition) is 2. The number of hydrogen-bond acceptors (Lipinski definition) is 7. The smallest absolute Gasteiger partial charge is 0.259 e. The highest BCUT2D eigenvalue weighted by Crippen LogP contribution is 2.35. The van der Waals surface area contributed by atoms with Gasteiger partial charge in [-0.1, -0.05) is 12.1 Å². The van der Waals surface area contributed by atoms with Crippen LogP contribution in [0.2, 0.25) is 0 Å². The Morgan fingerprint density at radius 1 is 1.18 bits per heavy atom. The van der Waals surface area contributed by atoms with Crippen molar-refractivity contribution in [2.45, 2.75) is 37.0 Å². The summed E-state index contributed by atoms with van der Waals surface area (Å²) >= 11 is 0. The van der Waals surface area contributed by atoms with Crippen LogP contribution in [0.1, 0.15) is 40.5 Å². The number of aromatic nitrogens is 3. The van der Waals surface area contributed by atoms with Gasteiger partial charge in [-0.25, -0.2) is 18.4 Å². The van der Waals surface area contributed by atoms with E-state index in [4.69, 9.17) is 10.7 Å². The van der Waals surface area contributed by atoms with Crippen LogP contribution >= 0.6 is 0 Å². The summed E-state index contributed by atoms with van der Waals surface area (Å²) in [7, 11) is -3.36. The lowest BCUT2D eigenvalue weighted by molar-refractivity contribution is 0.0997. The first-order valence-corrected chi connectivity index (χ1v) is 14.4. The monoisotopic (exact) mass is 536 g/mol. The molecule has 0 unspecified atom stereocenters. The molecule has 4 aromatic rings. The maximum absolute atomic E-state index is 13.4. The first kappa shape index (κ1) is 24.6. The number of amides is 1. The molecule has 0 radical (unpaired) electrons. The molecule has 9 nitrogen and oxygen atoms in total. The van der Waals surface area contributed by atoms with Crippen LogP contribution in [0, 0.1) is 5.92 Å². The predicted octanol–water partition coefficient (Wildman–Crippen LogP) is 4.49. The number of anilines is 2. The van der Waals surface area contributed by atoms with E-state index in [-0.39, 0.29) is 15.1 Å². The van der Waals surface area contributed by atoms with Gasteiger partial charge in [-0.05, 0) is 68.6 Å². The van der Waals surface area contributed by atoms with Crippen LogP contribution in [-0.2, 0) is 16.4 Å². The van der Waals surface area contributed by atoms with Crippen molar-refractivity contribution in [3.8, 4) is 11.3 Å². The second-order valence-electron chi connectivity index (χ2n) is 10.3. The lowest BCUT2D eigenvalue weighted by Crippen LogP contribution is -2.22. The number of carbonyl (C=O) groups excluding carboxylic acids is 1. The van der Waals surface area contributed by atoms with E-state index in [9.17, 15) is 13.2 Å². The Bertz CT molecular complexity index is 1660. The number of aromatic amines is 1. The minimum absolute atomic E-state index is 0. The normalized spacial score (nSPS) is 17.7. The first-order chi connectivity index (χ1) is 18.3. The van der Waals surface area contributed by atoms with Gasteiger partial charge in [0.25, 0.3) is 5.91 Å². The van der Waals surface area contributed by atoms with Gasteiger partial charge in [0.15, 0.2) is 15.5 Å². The summed E-state index contributed by atoms with van der Waals surface area (Å²) < 4.78 is 25.0. The number of rotatable bonds is 6. The second-order valence-corrected chi connectivity index (χ2v) is 12.8. The van der Waals surface area contributed by atoms with E-state index in [1.54, 1.807) is 55.4 Å². The predicted molar refractivity (Wildman–Crippen MR) is 154 cm³/mol. The summed E-state index contributed by atoms with van der Waals surface area (Å²) in [6, 6.07) is 12.7. The van der Waals surface area contributed by atoms with Gasteiger partial charge in [0.05, 0.1) is 34.3 Å². The molecule has 1 amide bonds. The summed E-state index contributed by atoms with van der Waals surface area (Å²) in [6.07, 6.45) is 4.50. The molecule has 38 heavy (non-hydrogen) atoms. The van der Waals surface area contributed by atoms with Gasteiger partial charge < -0.3 is 20.5 Å². The van der Waals surface area contributed by atoms with Crippen molar-refractivity contribution in [1.29, 1.82) is 0 Å². The molecule has 10 heteroatoms. The van der Waals surface area contributed by atoms with Crippen molar-refractivity contribution in [2.24, 2.45) is 11.7 Å². The number of nitrogens with one attached hydrogen (secondary N) is 1. The summed E-state index contributed by atoms with van der Waals surface area (Å²) in [5.74, 6) is 0.445. The molecule has 0 aliphatic carbocycles. The number of carbonyl (C=O) groups is 1. The summed E-state index contributed by atoms with van der Waals surface area (Å²) in [5.41, 5.74) is 11.9. The highest BCUT2D eigenvalue weighted by Gasteiger charge is 2.32. The van der Waals surface area contributed by atoms with Crippen molar-refractivity contribution >= 4 is 38.3 Å². The molecule has 1 atom stereocenters. The van der Waals surface area contributed by atoms with E-state index < -0.39 is 15.1 Å². The summed E-state index contributed by atoms with van der Waals surface area (Å²) in [6.45, 7) is 6.40. The molecule has 1 fully saturated rings. The average molecular weight is 537 g/mol. The Kier molecular flexibility index (Phi) is 5.96. The molecule has 3 N–H and O–H groups in total. The molecule has 1 saturated heterocycles. The number of nitrogens with zero attached hydrogens (tertiary/aromatic N) is 4. The van der Waals surface area contributed by atoms with Crippen molar-refractivity contribution in [3.63, 3.8) is 0 Å². The number of benzene rings is 2. The minimum Gasteiger partial charge on any atom is -0.371 e. The van der Waals surface area contributed by atoms with Crippen LogP contribution in [0.3, 0.4) is 0 Å². The molecule has 2 aliphatic rings. The van der Waals surface area contributed by atoms with E-state index >= 15 is 0 Å². The van der Waals surface area contributed by atoms with Gasteiger partial charge in [0, 0.05) is 40.4 Å². The Morgan fingerprint density at radius 3 is 2.68 bits per heavy atom. The lowest BCUT2D eigenvalue weighted by atomic mass is 10.1. The topological polar surface area (TPSA) is 125 Å². The number of nitrogens with two attached hydrogens (primary N) is 1. The molecule has 2 aromatic heterocycles. The number of fused-ring (bicyclic) bond motifs is 2. The molecule has 0 spiro atoms. The Balaban J connectivity index is 0.00000154. The van der Waals surface area contributed by atoms with E-state index in [0.717, 1.165) is 36.3 Å². The number of sulfone groups is 1. The van der Waals surface area contributed by atoms with Crippen LogP contribution in [0.15, 0.2) is 59.8 Å². The van der Waals surface area contributed by atoms with Crippen molar-refractivity contribution in [3.05, 3.63) is 66.0 Å². The highest BCUT2D eigenvalue weighted by molar-refractivity contribution is 7.92. The zero-order chi connectivity index (χ0) is 26.6. The average Bonchev–Trinajstić information content (AvgIpc) is 3.65. The van der Waals surface area contributed by atoms with Crippen LogP contribution < -0.4 is 15.5 Å². The van der Waals surface area contributed by atoms with Crippen LogP contribution in [0.5, 0.6) is 0 Å². The Hall–Kier alpha value is -3.76. The van der Waals surface area contributed by atoms with Crippen LogP contribution in [0.25, 0.3) is 22.4 Å². The maximum Gasteiger partial charge on any atom is 0.259 e. The third-order valence-corrected chi connectivity index (χ3v) is 9.80.